The van der Waals surface area contributed by atoms with Crippen molar-refractivity contribution in [2.75, 3.05) is 152 Å². The Bertz CT molecular complexity index is 3220. The van der Waals surface area contributed by atoms with Crippen LogP contribution in [0.2, 0.25) is 0 Å². The van der Waals surface area contributed by atoms with E-state index in [1.807, 2.05) is 13.8 Å². The minimum Gasteiger partial charge on any atom is -0.494 e. The first-order chi connectivity index (χ1) is 58.4. The summed E-state index contributed by atoms with van der Waals surface area (Å²) >= 11 is 0. The molecule has 2 rings (SSSR count). The Morgan fingerprint density at radius 3 is 1.22 bits per heavy atom. The maximum Gasteiger partial charge on any atom is 0.335 e. The number of carbonyl (C=O) groups excluding carboxylic acids is 10. The zero-order chi connectivity index (χ0) is 89.1. The molecule has 0 bridgehead atoms. The van der Waals surface area contributed by atoms with Crippen LogP contribution in [0.4, 0.5) is 0 Å². The van der Waals surface area contributed by atoms with Crippen molar-refractivity contribution in [1.29, 1.82) is 0 Å². The van der Waals surface area contributed by atoms with E-state index in [0.29, 0.717) is 122 Å². The summed E-state index contributed by atoms with van der Waals surface area (Å²) in [6, 6.07) is 11.2. The molecule has 2 aromatic carbocycles. The SMILES string of the molecule is CCCNC(=O)COCCOCCCC(=O)COCCOCCNC(=O)CC[C@H](CC(=O)CCCCCCCCOc1ccc(C(=O)O)cc1)C(=O)O.CCC[C@H](NC)C(=O)CC[C@@H](CCCCNC(=O)COCCOCCNC(=O)COCCOCCCC(=O)CC[C@H](NC(=O)CCCCCCCCOc1ccc(C(=O)O)cc1)C(=O)O)C(C)=O. The van der Waals surface area contributed by atoms with E-state index in [-0.39, 0.29) is 225 Å². The zero-order valence-electron chi connectivity index (χ0n) is 72.0. The molecule has 34 heteroatoms. The van der Waals surface area contributed by atoms with Gasteiger partial charge in [-0.1, -0.05) is 78.1 Å². The Balaban J connectivity index is 0.00000125. The molecule has 0 spiro atoms. The van der Waals surface area contributed by atoms with Crippen LogP contribution in [0.25, 0.3) is 0 Å². The average molecular weight is 1720 g/mol. The van der Waals surface area contributed by atoms with Gasteiger partial charge in [-0.15, -0.1) is 0 Å². The summed E-state index contributed by atoms with van der Waals surface area (Å²) in [6.45, 7) is 11.0. The first-order valence-electron chi connectivity index (χ1n) is 43.0. The quantitative estimate of drug-likeness (QED) is 0.0277. The van der Waals surface area contributed by atoms with E-state index in [9.17, 15) is 77.3 Å². The number of carboxylic acids is 4. The van der Waals surface area contributed by atoms with Gasteiger partial charge in [-0.05, 0) is 146 Å². The van der Waals surface area contributed by atoms with Gasteiger partial charge in [0, 0.05) is 96.7 Å². The lowest BCUT2D eigenvalue weighted by molar-refractivity contribution is -0.144. The van der Waals surface area contributed by atoms with Gasteiger partial charge in [0.1, 0.15) is 67.1 Å². The standard InChI is InChI=1S/C49H80N4O15.C38H60N2O13/c1-4-14-42(50-3)44(56)25-20-38(37(2)54)15-10-11-26-51-46(58)35-67-34-32-65-30-27-52-47(59)36-66-33-31-64-28-13-16-40(55)21-24-43(49(62)63)53-45(57)17-9-7-5-6-8-12-29-68-41-22-18-39(19-23-41)48(60)61;1-2-18-39-36(44)29-52-26-23-49-20-9-11-33(42)28-51-25-24-50-22-19-40-35(43)17-14-31(38(47)48)27-32(41)10-7-5-3-4-6-8-21-53-34-15-12-30(13-16-34)37(45)46/h18-19,22-23,38,42-43,50H,4-17,20-21,24-36H2,1-3H3,(H,51,58)(H,52,59)(H,53,57)(H,60,61)(H,62,63);12-13,15-16,31H,2-11,14,17-29H2,1H3,(H,39,44)(H,40,43)(H,45,46)(H,47,48)/t38-,42+,43+;31-/m11/s1. The summed E-state index contributed by atoms with van der Waals surface area (Å²) < 4.78 is 54.1. The number of carbonyl (C=O) groups is 14. The van der Waals surface area contributed by atoms with Crippen LogP contribution in [-0.2, 0) is 95.4 Å². The third kappa shape index (κ3) is 64.7. The van der Waals surface area contributed by atoms with E-state index in [0.717, 1.165) is 89.9 Å². The molecule has 686 valence electrons. The average Bonchev–Trinajstić information content (AvgIpc) is 0.967. The third-order valence-electron chi connectivity index (χ3n) is 18.9. The van der Waals surface area contributed by atoms with Crippen LogP contribution < -0.4 is 41.4 Å². The second-order valence-electron chi connectivity index (χ2n) is 29.2. The number of ether oxygens (including phenoxy) is 10. The van der Waals surface area contributed by atoms with Gasteiger partial charge in [0.05, 0.1) is 102 Å². The highest BCUT2D eigenvalue weighted by molar-refractivity contribution is 5.89. The minimum absolute atomic E-state index is 0.000475. The van der Waals surface area contributed by atoms with Crippen LogP contribution >= 0.6 is 0 Å². The van der Waals surface area contributed by atoms with Crippen LogP contribution in [0.1, 0.15) is 241 Å². The van der Waals surface area contributed by atoms with Crippen molar-refractivity contribution in [1.82, 2.24) is 31.9 Å². The van der Waals surface area contributed by atoms with E-state index in [1.54, 1.807) is 38.2 Å². The van der Waals surface area contributed by atoms with Crippen LogP contribution in [0, 0.1) is 11.8 Å². The number of unbranched alkanes of at least 4 members (excludes halogenated alkanes) is 11. The highest BCUT2D eigenvalue weighted by Gasteiger charge is 2.25. The van der Waals surface area contributed by atoms with Crippen molar-refractivity contribution in [3.05, 3.63) is 59.7 Å². The van der Waals surface area contributed by atoms with Gasteiger partial charge < -0.3 is 99.7 Å². The van der Waals surface area contributed by atoms with Gasteiger partial charge >= 0.3 is 23.9 Å². The molecule has 0 saturated carbocycles. The van der Waals surface area contributed by atoms with Gasteiger partial charge in [-0.25, -0.2) is 14.4 Å². The van der Waals surface area contributed by atoms with Gasteiger partial charge in [0.15, 0.2) is 5.78 Å². The summed E-state index contributed by atoms with van der Waals surface area (Å²) in [7, 11) is 1.78. The number of hydrogen-bond acceptors (Lipinski definition) is 25. The molecule has 10 N–H and O–H groups in total. The smallest absolute Gasteiger partial charge is 0.335 e. The van der Waals surface area contributed by atoms with Crippen LogP contribution in [0.3, 0.4) is 0 Å². The minimum atomic E-state index is -1.19. The number of aromatic carboxylic acids is 2. The number of amides is 5. The molecular weight excluding hydrogens is 1580 g/mol. The van der Waals surface area contributed by atoms with E-state index < -0.39 is 35.8 Å². The number of carboxylic acid groups (broad SMARTS) is 4. The second-order valence-corrected chi connectivity index (χ2v) is 29.2. The molecule has 0 radical (unpaired) electrons. The fraction of sp³-hybridized carbons (Fsp3) is 0.701. The predicted molar refractivity (Wildman–Crippen MR) is 449 cm³/mol. The Morgan fingerprint density at radius 2 is 0.752 bits per heavy atom. The molecule has 0 heterocycles. The molecule has 0 unspecified atom stereocenters. The maximum atomic E-state index is 12.4. The van der Waals surface area contributed by atoms with Gasteiger partial charge in [0.25, 0.3) is 0 Å². The Hall–Kier alpha value is -8.74. The maximum absolute atomic E-state index is 12.4. The largest absolute Gasteiger partial charge is 0.494 e. The molecule has 0 aromatic heterocycles. The highest BCUT2D eigenvalue weighted by atomic mass is 16.5. The van der Waals surface area contributed by atoms with Crippen molar-refractivity contribution in [2.45, 2.75) is 232 Å². The first kappa shape index (κ1) is 110. The summed E-state index contributed by atoms with van der Waals surface area (Å²) in [4.78, 5) is 166. The number of benzene rings is 2. The molecule has 0 aliphatic heterocycles. The van der Waals surface area contributed by atoms with Crippen molar-refractivity contribution < 1.29 is 135 Å². The lowest BCUT2D eigenvalue weighted by Crippen LogP contribution is -2.41. The summed E-state index contributed by atoms with van der Waals surface area (Å²) in [5.41, 5.74) is 0.418. The van der Waals surface area contributed by atoms with E-state index in [4.69, 9.17) is 57.6 Å². The van der Waals surface area contributed by atoms with Crippen molar-refractivity contribution in [3.63, 3.8) is 0 Å². The molecule has 121 heavy (non-hydrogen) atoms. The Morgan fingerprint density at radius 1 is 0.322 bits per heavy atom. The molecule has 4 atom stereocenters. The molecule has 34 nitrogen and oxygen atoms in total. The van der Waals surface area contributed by atoms with E-state index in [1.165, 1.54) is 24.3 Å². The van der Waals surface area contributed by atoms with E-state index in [2.05, 4.69) is 31.9 Å². The molecule has 5 amide bonds. The molecule has 0 aliphatic rings. The van der Waals surface area contributed by atoms with E-state index >= 15 is 0 Å². The molecule has 0 fully saturated rings. The zero-order valence-corrected chi connectivity index (χ0v) is 72.0. The normalized spacial score (nSPS) is 12.0. The number of hydrogen-bond donors (Lipinski definition) is 10. The summed E-state index contributed by atoms with van der Waals surface area (Å²) in [6.07, 6.45) is 18.1. The highest BCUT2D eigenvalue weighted by Crippen LogP contribution is 2.21. The third-order valence-corrected chi connectivity index (χ3v) is 18.9. The number of aliphatic carboxylic acids is 2. The fourth-order valence-electron chi connectivity index (χ4n) is 11.9. The van der Waals surface area contributed by atoms with Crippen LogP contribution in [-0.4, -0.2) is 267 Å². The molecule has 0 aliphatic carbocycles. The number of Topliss-reactive ketones (excluding diaryl/α,β-unsaturated/α-hetero) is 5. The summed E-state index contributed by atoms with van der Waals surface area (Å²) in [5.74, 6) is -5.53. The monoisotopic (exact) mass is 1720 g/mol. The molecule has 0 saturated heterocycles. The number of rotatable bonds is 82. The van der Waals surface area contributed by atoms with Crippen LogP contribution in [0.15, 0.2) is 48.5 Å². The first-order valence-corrected chi connectivity index (χ1v) is 43.0. The number of nitrogens with one attached hydrogen (secondary N) is 6. The van der Waals surface area contributed by atoms with Crippen molar-refractivity contribution >= 4 is 82.3 Å². The number of ketones is 5. The van der Waals surface area contributed by atoms with Crippen molar-refractivity contribution in [3.8, 4) is 11.5 Å². The lowest BCUT2D eigenvalue weighted by atomic mass is 9.90. The topological polar surface area (TPSA) is 484 Å². The predicted octanol–water partition coefficient (Wildman–Crippen LogP) is 8.60. The Kier molecular flexibility index (Phi) is 68.4. The number of likely N-dealkylation sites (N-methyl/N-ethyl adjacent to an activating group) is 1. The van der Waals surface area contributed by atoms with Gasteiger partial charge in [0.2, 0.25) is 29.5 Å². The second kappa shape index (κ2) is 75.0. The van der Waals surface area contributed by atoms with Gasteiger partial charge in [-0.3, -0.25) is 52.7 Å². The Labute approximate surface area is 713 Å². The van der Waals surface area contributed by atoms with Gasteiger partial charge in [-0.2, -0.15) is 0 Å². The lowest BCUT2D eigenvalue weighted by Gasteiger charge is -2.17. The molecular formula is C87H140N6O28. The van der Waals surface area contributed by atoms with Crippen LogP contribution in [0.5, 0.6) is 11.5 Å². The van der Waals surface area contributed by atoms with Crippen molar-refractivity contribution in [2.24, 2.45) is 11.8 Å². The molecule has 2 aromatic rings. The summed E-state index contributed by atoms with van der Waals surface area (Å²) in [5, 5.41) is 53.4. The fourth-order valence-corrected chi connectivity index (χ4v) is 11.9.